The van der Waals surface area contributed by atoms with Crippen LogP contribution in [0.15, 0.2) is 47.4 Å². The minimum atomic E-state index is -3.72. The summed E-state index contributed by atoms with van der Waals surface area (Å²) >= 11 is 0. The number of carbonyl (C=O) groups is 1. The van der Waals surface area contributed by atoms with Gasteiger partial charge >= 0.3 is 0 Å². The summed E-state index contributed by atoms with van der Waals surface area (Å²) in [5, 5.41) is 7.98. The van der Waals surface area contributed by atoms with Crippen LogP contribution in [-0.2, 0) is 21.2 Å². The Morgan fingerprint density at radius 3 is 2.26 bits per heavy atom. The number of benzene rings is 2. The van der Waals surface area contributed by atoms with E-state index in [1.54, 1.807) is 26.4 Å². The van der Waals surface area contributed by atoms with Crippen molar-refractivity contribution >= 4 is 15.9 Å². The summed E-state index contributed by atoms with van der Waals surface area (Å²) in [6, 6.07) is 11.4. The Hall–Kier alpha value is -2.58. The summed E-state index contributed by atoms with van der Waals surface area (Å²) in [4.78, 5) is 12.3. The minimum Gasteiger partial charge on any atom is -0.493 e. The van der Waals surface area contributed by atoms with Gasteiger partial charge in [-0.1, -0.05) is 18.2 Å². The van der Waals surface area contributed by atoms with Gasteiger partial charge < -0.3 is 14.8 Å². The monoisotopic (exact) mass is 392 g/mol. The van der Waals surface area contributed by atoms with Crippen molar-refractivity contribution in [2.24, 2.45) is 5.14 Å². The molecule has 0 heterocycles. The van der Waals surface area contributed by atoms with Gasteiger partial charge in [-0.2, -0.15) is 0 Å². The van der Waals surface area contributed by atoms with E-state index < -0.39 is 10.0 Å². The number of sulfonamides is 1. The average molecular weight is 392 g/mol. The number of methoxy groups -OCH3 is 2. The van der Waals surface area contributed by atoms with E-state index in [-0.39, 0.29) is 16.8 Å². The summed E-state index contributed by atoms with van der Waals surface area (Å²) in [7, 11) is -0.587. The minimum absolute atomic E-state index is 0.0400. The standard InChI is InChI=1S/C19H24N2O5S/c1-13(15-6-8-16(9-7-15)27(20,23)24)21-19(22)11-5-14-4-10-17(25-2)18(12-14)26-3/h4,6-10,12-13H,5,11H2,1-3H3,(H,21,22)(H2,20,23,24)/t13-/m0/s1. The molecule has 0 unspecified atom stereocenters. The van der Waals surface area contributed by atoms with E-state index in [9.17, 15) is 13.2 Å². The third-order valence-electron chi connectivity index (χ3n) is 4.17. The normalized spacial score (nSPS) is 12.3. The highest BCUT2D eigenvalue weighted by molar-refractivity contribution is 7.89. The Morgan fingerprint density at radius 1 is 1.07 bits per heavy atom. The quantitative estimate of drug-likeness (QED) is 0.716. The molecule has 0 saturated heterocycles. The molecule has 0 aliphatic rings. The molecule has 0 aliphatic heterocycles. The van der Waals surface area contributed by atoms with Crippen molar-refractivity contribution in [2.45, 2.75) is 30.7 Å². The van der Waals surface area contributed by atoms with E-state index in [0.717, 1.165) is 11.1 Å². The molecule has 0 saturated carbocycles. The van der Waals surface area contributed by atoms with Gasteiger partial charge in [0, 0.05) is 6.42 Å². The van der Waals surface area contributed by atoms with E-state index in [1.165, 1.54) is 12.1 Å². The lowest BCUT2D eigenvalue weighted by Crippen LogP contribution is -2.26. The van der Waals surface area contributed by atoms with Gasteiger partial charge in [-0.3, -0.25) is 4.79 Å². The highest BCUT2D eigenvalue weighted by Gasteiger charge is 2.13. The van der Waals surface area contributed by atoms with Gasteiger partial charge in [-0.05, 0) is 48.7 Å². The summed E-state index contributed by atoms with van der Waals surface area (Å²) in [5.74, 6) is 1.16. The van der Waals surface area contributed by atoms with Gasteiger partial charge in [0.05, 0.1) is 25.2 Å². The molecule has 1 atom stereocenters. The summed E-state index contributed by atoms with van der Waals surface area (Å²) in [5.41, 5.74) is 1.76. The van der Waals surface area contributed by atoms with Crippen LogP contribution in [0.25, 0.3) is 0 Å². The molecule has 2 aromatic rings. The van der Waals surface area contributed by atoms with Crippen LogP contribution in [0.3, 0.4) is 0 Å². The molecule has 146 valence electrons. The fourth-order valence-electron chi connectivity index (χ4n) is 2.64. The average Bonchev–Trinajstić information content (AvgIpc) is 2.65. The van der Waals surface area contributed by atoms with Crippen LogP contribution < -0.4 is 19.9 Å². The van der Waals surface area contributed by atoms with Crippen LogP contribution in [-0.4, -0.2) is 28.5 Å². The number of amides is 1. The zero-order valence-electron chi connectivity index (χ0n) is 15.6. The predicted molar refractivity (Wildman–Crippen MR) is 102 cm³/mol. The molecular formula is C19H24N2O5S. The largest absolute Gasteiger partial charge is 0.493 e. The molecule has 0 radical (unpaired) electrons. The van der Waals surface area contributed by atoms with Gasteiger partial charge in [-0.15, -0.1) is 0 Å². The van der Waals surface area contributed by atoms with Crippen LogP contribution in [0.4, 0.5) is 0 Å². The second-order valence-electron chi connectivity index (χ2n) is 6.09. The zero-order chi connectivity index (χ0) is 20.0. The third-order valence-corrected chi connectivity index (χ3v) is 5.10. The molecule has 0 aromatic heterocycles. The highest BCUT2D eigenvalue weighted by atomic mass is 32.2. The van der Waals surface area contributed by atoms with E-state index in [4.69, 9.17) is 14.6 Å². The third kappa shape index (κ3) is 5.70. The Balaban J connectivity index is 1.93. The van der Waals surface area contributed by atoms with E-state index >= 15 is 0 Å². The maximum absolute atomic E-state index is 12.2. The first-order valence-corrected chi connectivity index (χ1v) is 9.92. The first-order chi connectivity index (χ1) is 12.7. The van der Waals surface area contributed by atoms with Crippen molar-refractivity contribution in [1.82, 2.24) is 5.32 Å². The summed E-state index contributed by atoms with van der Waals surface area (Å²) in [6.07, 6.45) is 0.873. The fraction of sp³-hybridized carbons (Fsp3) is 0.316. The molecule has 0 fully saturated rings. The molecule has 27 heavy (non-hydrogen) atoms. The Kier molecular flexibility index (Phi) is 6.81. The lowest BCUT2D eigenvalue weighted by atomic mass is 10.1. The molecule has 2 rings (SSSR count). The number of ether oxygens (including phenoxy) is 2. The van der Waals surface area contributed by atoms with Crippen molar-refractivity contribution in [3.63, 3.8) is 0 Å². The van der Waals surface area contributed by atoms with Crippen molar-refractivity contribution in [1.29, 1.82) is 0 Å². The van der Waals surface area contributed by atoms with Gasteiger partial charge in [0.15, 0.2) is 11.5 Å². The van der Waals surface area contributed by atoms with Crippen molar-refractivity contribution in [3.8, 4) is 11.5 Å². The van der Waals surface area contributed by atoms with E-state index in [0.29, 0.717) is 24.3 Å². The smallest absolute Gasteiger partial charge is 0.238 e. The predicted octanol–water partition coefficient (Wildman–Crippen LogP) is 2.16. The molecule has 1 amide bonds. The maximum Gasteiger partial charge on any atom is 0.238 e. The lowest BCUT2D eigenvalue weighted by molar-refractivity contribution is -0.121. The molecule has 7 nitrogen and oxygen atoms in total. The van der Waals surface area contributed by atoms with Crippen molar-refractivity contribution < 1.29 is 22.7 Å². The molecule has 2 aromatic carbocycles. The second-order valence-corrected chi connectivity index (χ2v) is 7.65. The Labute approximate surface area is 159 Å². The molecule has 0 spiro atoms. The maximum atomic E-state index is 12.2. The first-order valence-electron chi connectivity index (χ1n) is 8.37. The van der Waals surface area contributed by atoms with E-state index in [1.807, 2.05) is 25.1 Å². The van der Waals surface area contributed by atoms with E-state index in [2.05, 4.69) is 5.32 Å². The second kappa shape index (κ2) is 8.88. The topological polar surface area (TPSA) is 108 Å². The summed E-state index contributed by atoms with van der Waals surface area (Å²) in [6.45, 7) is 1.83. The number of hydrogen-bond acceptors (Lipinski definition) is 5. The number of hydrogen-bond donors (Lipinski definition) is 2. The van der Waals surface area contributed by atoms with Crippen LogP contribution >= 0.6 is 0 Å². The number of aryl methyl sites for hydroxylation is 1. The molecule has 8 heteroatoms. The van der Waals surface area contributed by atoms with Crippen LogP contribution in [0.1, 0.15) is 30.5 Å². The zero-order valence-corrected chi connectivity index (χ0v) is 16.4. The van der Waals surface area contributed by atoms with Crippen LogP contribution in [0.2, 0.25) is 0 Å². The van der Waals surface area contributed by atoms with Gasteiger partial charge in [-0.25, -0.2) is 13.6 Å². The van der Waals surface area contributed by atoms with Gasteiger partial charge in [0.1, 0.15) is 0 Å². The lowest BCUT2D eigenvalue weighted by Gasteiger charge is -2.15. The Bertz CT molecular complexity index is 895. The molecule has 0 bridgehead atoms. The number of nitrogens with two attached hydrogens (primary N) is 1. The number of nitrogens with one attached hydrogen (secondary N) is 1. The molecular weight excluding hydrogens is 368 g/mol. The SMILES string of the molecule is COc1ccc(CCC(=O)N[C@@H](C)c2ccc(S(N)(=O)=O)cc2)cc1OC. The summed E-state index contributed by atoms with van der Waals surface area (Å²) < 4.78 is 33.0. The first kappa shape index (κ1) is 20.7. The van der Waals surface area contributed by atoms with Gasteiger partial charge in [0.25, 0.3) is 0 Å². The fourth-order valence-corrected chi connectivity index (χ4v) is 3.15. The highest BCUT2D eigenvalue weighted by Crippen LogP contribution is 2.28. The van der Waals surface area contributed by atoms with Crippen LogP contribution in [0, 0.1) is 0 Å². The molecule has 0 aliphatic carbocycles. The number of rotatable bonds is 8. The Morgan fingerprint density at radius 2 is 1.70 bits per heavy atom. The van der Waals surface area contributed by atoms with Crippen molar-refractivity contribution in [3.05, 3.63) is 53.6 Å². The number of primary sulfonamides is 1. The van der Waals surface area contributed by atoms with Gasteiger partial charge in [0.2, 0.25) is 15.9 Å². The molecule has 3 N–H and O–H groups in total. The van der Waals surface area contributed by atoms with Crippen molar-refractivity contribution in [2.75, 3.05) is 14.2 Å². The number of carbonyl (C=O) groups excluding carboxylic acids is 1. The van der Waals surface area contributed by atoms with Crippen LogP contribution in [0.5, 0.6) is 11.5 Å².